The van der Waals surface area contributed by atoms with Crippen LogP contribution in [0, 0.1) is 0 Å². The largest absolute Gasteiger partial charge is 0.411 e. The molecule has 0 aromatic carbocycles. The number of carbonyl (C=O) groups is 1. The van der Waals surface area contributed by atoms with E-state index in [1.54, 1.807) is 19.4 Å². The van der Waals surface area contributed by atoms with Crippen LogP contribution < -0.4 is 5.32 Å². The third kappa shape index (κ3) is 4.08. The Hall–Kier alpha value is -1.47. The van der Waals surface area contributed by atoms with Crippen molar-refractivity contribution in [2.45, 2.75) is 32.8 Å². The number of nitrogens with one attached hydrogen (secondary N) is 1. The number of amides is 1. The molecule has 1 amide bonds. The molecular formula is C11H17N3O3S. The molecule has 100 valence electrons. The van der Waals surface area contributed by atoms with Crippen LogP contribution >= 0.6 is 11.3 Å². The summed E-state index contributed by atoms with van der Waals surface area (Å²) in [6, 6.07) is 0. The second kappa shape index (κ2) is 5.92. The molecule has 6 nitrogen and oxygen atoms in total. The van der Waals surface area contributed by atoms with E-state index >= 15 is 0 Å². The highest BCUT2D eigenvalue weighted by Crippen LogP contribution is 2.18. The van der Waals surface area contributed by atoms with Crippen LogP contribution in [0.1, 0.15) is 32.9 Å². The molecule has 1 aromatic rings. The van der Waals surface area contributed by atoms with Crippen LogP contribution in [0.5, 0.6) is 0 Å². The van der Waals surface area contributed by atoms with Crippen molar-refractivity contribution in [1.82, 2.24) is 4.98 Å². The van der Waals surface area contributed by atoms with Crippen molar-refractivity contribution in [3.63, 3.8) is 0 Å². The topological polar surface area (TPSA) is 83.8 Å². The summed E-state index contributed by atoms with van der Waals surface area (Å²) in [5.74, 6) is -0.165. The Bertz CT molecular complexity index is 454. The molecule has 0 aliphatic carbocycles. The van der Waals surface area contributed by atoms with E-state index in [1.165, 1.54) is 11.3 Å². The van der Waals surface area contributed by atoms with E-state index in [1.807, 2.05) is 13.8 Å². The molecule has 0 atom stereocenters. The van der Waals surface area contributed by atoms with Gasteiger partial charge in [-0.3, -0.25) is 4.79 Å². The molecule has 0 fully saturated rings. The Kier molecular flexibility index (Phi) is 4.80. The van der Waals surface area contributed by atoms with Crippen molar-refractivity contribution in [2.24, 2.45) is 5.16 Å². The molecule has 0 bridgehead atoms. The van der Waals surface area contributed by atoms with Gasteiger partial charge in [-0.1, -0.05) is 5.16 Å². The molecule has 0 saturated carbocycles. The van der Waals surface area contributed by atoms with Gasteiger partial charge in [0.2, 0.25) is 5.91 Å². The molecular weight excluding hydrogens is 254 g/mol. The predicted molar refractivity (Wildman–Crippen MR) is 70.4 cm³/mol. The Labute approximate surface area is 110 Å². The van der Waals surface area contributed by atoms with Crippen LogP contribution in [-0.4, -0.2) is 34.5 Å². The average Bonchev–Trinajstić information content (AvgIpc) is 2.75. The van der Waals surface area contributed by atoms with E-state index in [9.17, 15) is 4.79 Å². The van der Waals surface area contributed by atoms with Gasteiger partial charge in [-0.2, -0.15) is 0 Å². The number of carbonyl (C=O) groups excluding carboxylic acids is 1. The quantitative estimate of drug-likeness (QED) is 0.488. The van der Waals surface area contributed by atoms with Crippen molar-refractivity contribution in [2.75, 3.05) is 12.4 Å². The molecule has 7 heteroatoms. The number of anilines is 1. The zero-order valence-electron chi connectivity index (χ0n) is 10.9. The number of methoxy groups -OCH3 is 1. The number of ether oxygens (including phenoxy) is 1. The van der Waals surface area contributed by atoms with Gasteiger partial charge in [0.25, 0.3) is 0 Å². The Balaban J connectivity index is 2.63. The molecule has 1 rings (SSSR count). The summed E-state index contributed by atoms with van der Waals surface area (Å²) in [5, 5.41) is 16.5. The first kappa shape index (κ1) is 14.6. The molecule has 1 aromatic heterocycles. The predicted octanol–water partition coefficient (Wildman–Crippen LogP) is 2.09. The fourth-order valence-electron chi connectivity index (χ4n) is 1.17. The highest BCUT2D eigenvalue weighted by Gasteiger charge is 2.21. The van der Waals surface area contributed by atoms with Gasteiger partial charge in [0.1, 0.15) is 11.4 Å². The van der Waals surface area contributed by atoms with Gasteiger partial charge in [-0.05, 0) is 20.8 Å². The first-order valence-corrected chi connectivity index (χ1v) is 6.25. The molecule has 0 unspecified atom stereocenters. The van der Waals surface area contributed by atoms with Crippen LogP contribution in [0.3, 0.4) is 0 Å². The van der Waals surface area contributed by atoms with Crippen LogP contribution in [0.25, 0.3) is 0 Å². The second-order valence-electron chi connectivity index (χ2n) is 4.41. The number of hydrogen-bond acceptors (Lipinski definition) is 6. The summed E-state index contributed by atoms with van der Waals surface area (Å²) in [5.41, 5.74) is 0.444. The fraction of sp³-hybridized carbons (Fsp3) is 0.545. The third-order valence-electron chi connectivity index (χ3n) is 2.41. The number of nitrogens with zero attached hydrogens (tertiary/aromatic N) is 2. The summed E-state index contributed by atoms with van der Waals surface area (Å²) in [4.78, 5) is 15.9. The highest BCUT2D eigenvalue weighted by atomic mass is 32.1. The van der Waals surface area contributed by atoms with Gasteiger partial charge >= 0.3 is 0 Å². The smallest absolute Gasteiger partial charge is 0.229 e. The summed E-state index contributed by atoms with van der Waals surface area (Å²) >= 11 is 1.28. The van der Waals surface area contributed by atoms with E-state index in [0.29, 0.717) is 16.5 Å². The van der Waals surface area contributed by atoms with Gasteiger partial charge in [-0.25, -0.2) is 4.98 Å². The Morgan fingerprint density at radius 1 is 1.67 bits per heavy atom. The van der Waals surface area contributed by atoms with Gasteiger partial charge in [0.05, 0.1) is 12.0 Å². The number of rotatable bonds is 5. The number of hydrogen-bond donors (Lipinski definition) is 2. The first-order chi connectivity index (χ1) is 8.38. The minimum absolute atomic E-state index is 0.165. The van der Waals surface area contributed by atoms with Crippen molar-refractivity contribution in [1.29, 1.82) is 0 Å². The normalized spacial score (nSPS) is 12.6. The van der Waals surface area contributed by atoms with Crippen LogP contribution in [0.2, 0.25) is 0 Å². The molecule has 0 aliphatic rings. The van der Waals surface area contributed by atoms with E-state index < -0.39 is 5.60 Å². The monoisotopic (exact) mass is 271 g/mol. The summed E-state index contributed by atoms with van der Waals surface area (Å²) in [6.07, 6.45) is 0.242. The van der Waals surface area contributed by atoms with Gasteiger partial charge in [0, 0.05) is 12.5 Å². The molecule has 0 saturated heterocycles. The zero-order chi connectivity index (χ0) is 13.8. The lowest BCUT2D eigenvalue weighted by Crippen LogP contribution is -2.29. The summed E-state index contributed by atoms with van der Waals surface area (Å²) in [7, 11) is 1.57. The standard InChI is InChI=1S/C11H17N3O3S/c1-7(14-16)8-6-18-10(12-8)13-9(15)5-11(2,3)17-4/h6,16H,5H2,1-4H3,(H,12,13,15). The van der Waals surface area contributed by atoms with E-state index in [2.05, 4.69) is 15.5 Å². The van der Waals surface area contributed by atoms with Crippen molar-refractivity contribution in [3.8, 4) is 0 Å². The SMILES string of the molecule is COC(C)(C)CC(=O)Nc1nc(C(C)=NO)cs1. The minimum Gasteiger partial charge on any atom is -0.411 e. The van der Waals surface area contributed by atoms with E-state index in [0.717, 1.165) is 0 Å². The lowest BCUT2D eigenvalue weighted by Gasteiger charge is -2.21. The summed E-state index contributed by atoms with van der Waals surface area (Å²) < 4.78 is 5.18. The van der Waals surface area contributed by atoms with E-state index in [4.69, 9.17) is 9.94 Å². The van der Waals surface area contributed by atoms with Crippen LogP contribution in [0.4, 0.5) is 5.13 Å². The minimum atomic E-state index is -0.507. The highest BCUT2D eigenvalue weighted by molar-refractivity contribution is 7.14. The fourth-order valence-corrected chi connectivity index (χ4v) is 1.94. The number of aromatic nitrogens is 1. The van der Waals surface area contributed by atoms with Crippen LogP contribution in [-0.2, 0) is 9.53 Å². The van der Waals surface area contributed by atoms with Gasteiger partial charge in [-0.15, -0.1) is 11.3 Å². The molecule has 0 radical (unpaired) electrons. The van der Waals surface area contributed by atoms with Crippen molar-refractivity contribution in [3.05, 3.63) is 11.1 Å². The van der Waals surface area contributed by atoms with Crippen molar-refractivity contribution >= 4 is 28.1 Å². The summed E-state index contributed by atoms with van der Waals surface area (Å²) in [6.45, 7) is 5.31. The Morgan fingerprint density at radius 2 is 2.33 bits per heavy atom. The third-order valence-corrected chi connectivity index (χ3v) is 3.17. The molecule has 2 N–H and O–H groups in total. The second-order valence-corrected chi connectivity index (χ2v) is 5.27. The number of oxime groups is 1. The lowest BCUT2D eigenvalue weighted by atomic mass is 10.1. The lowest BCUT2D eigenvalue weighted by molar-refractivity contribution is -0.121. The van der Waals surface area contributed by atoms with Gasteiger partial charge in [0.15, 0.2) is 5.13 Å². The Morgan fingerprint density at radius 3 is 2.89 bits per heavy atom. The maximum Gasteiger partial charge on any atom is 0.229 e. The maximum absolute atomic E-state index is 11.7. The zero-order valence-corrected chi connectivity index (χ0v) is 11.7. The number of thiazole rings is 1. The molecule has 0 spiro atoms. The van der Waals surface area contributed by atoms with Crippen molar-refractivity contribution < 1.29 is 14.7 Å². The van der Waals surface area contributed by atoms with E-state index in [-0.39, 0.29) is 12.3 Å². The van der Waals surface area contributed by atoms with Gasteiger partial charge < -0.3 is 15.3 Å². The first-order valence-electron chi connectivity index (χ1n) is 5.37. The van der Waals surface area contributed by atoms with Crippen LogP contribution in [0.15, 0.2) is 10.5 Å². The maximum atomic E-state index is 11.7. The molecule has 0 aliphatic heterocycles. The molecule has 1 heterocycles. The molecule has 18 heavy (non-hydrogen) atoms. The average molecular weight is 271 g/mol.